The Morgan fingerprint density at radius 1 is 1.21 bits per heavy atom. The molecular formula is C16H21NO2. The number of aliphatic imine (C=N–C) groups is 1. The molecule has 0 atom stereocenters. The number of carbonyl (C=O) groups is 1. The van der Waals surface area contributed by atoms with Gasteiger partial charge in [0, 0.05) is 0 Å². The predicted molar refractivity (Wildman–Crippen MR) is 76.6 cm³/mol. The monoisotopic (exact) mass is 259 g/mol. The normalized spacial score (nSPS) is 17.2. The first-order valence-electron chi connectivity index (χ1n) is 7.03. The lowest BCUT2D eigenvalue weighted by atomic mass is 9.90. The van der Waals surface area contributed by atoms with E-state index in [0.717, 1.165) is 5.56 Å². The summed E-state index contributed by atoms with van der Waals surface area (Å²) in [6, 6.07) is 9.68. The lowest BCUT2D eigenvalue weighted by Gasteiger charge is -2.20. The highest BCUT2D eigenvalue weighted by Crippen LogP contribution is 2.23. The van der Waals surface area contributed by atoms with Crippen molar-refractivity contribution < 1.29 is 9.53 Å². The average Bonchev–Trinajstić information content (AvgIpc) is 2.47. The smallest absolute Gasteiger partial charge is 0.433 e. The summed E-state index contributed by atoms with van der Waals surface area (Å²) in [5.74, 6) is 0.532. The van der Waals surface area contributed by atoms with Gasteiger partial charge in [-0.3, -0.25) is 0 Å². The molecule has 0 bridgehead atoms. The number of benzene rings is 1. The quantitative estimate of drug-likeness (QED) is 0.762. The van der Waals surface area contributed by atoms with E-state index in [1.807, 2.05) is 37.3 Å². The Morgan fingerprint density at radius 3 is 2.58 bits per heavy atom. The third-order valence-corrected chi connectivity index (χ3v) is 3.62. The van der Waals surface area contributed by atoms with E-state index < -0.39 is 6.09 Å². The summed E-state index contributed by atoms with van der Waals surface area (Å²) in [4.78, 5) is 15.6. The first kappa shape index (κ1) is 13.8. The Hall–Kier alpha value is -1.64. The minimum Gasteiger partial charge on any atom is -0.448 e. The molecule has 0 spiro atoms. The van der Waals surface area contributed by atoms with E-state index in [1.165, 1.54) is 32.1 Å². The van der Waals surface area contributed by atoms with E-state index in [2.05, 4.69) is 4.99 Å². The number of amides is 1. The van der Waals surface area contributed by atoms with E-state index in [4.69, 9.17) is 4.74 Å². The average molecular weight is 259 g/mol. The van der Waals surface area contributed by atoms with Gasteiger partial charge in [0.15, 0.2) is 0 Å². The number of rotatable bonds is 3. The fourth-order valence-electron chi connectivity index (χ4n) is 2.46. The van der Waals surface area contributed by atoms with Crippen molar-refractivity contribution in [2.45, 2.75) is 39.0 Å². The Labute approximate surface area is 114 Å². The van der Waals surface area contributed by atoms with Crippen LogP contribution in [0.3, 0.4) is 0 Å². The van der Waals surface area contributed by atoms with Crippen molar-refractivity contribution in [2.24, 2.45) is 10.9 Å². The number of carbonyl (C=O) groups excluding carboxylic acids is 1. The van der Waals surface area contributed by atoms with Crippen molar-refractivity contribution >= 4 is 11.8 Å². The Morgan fingerprint density at radius 2 is 1.89 bits per heavy atom. The van der Waals surface area contributed by atoms with Crippen LogP contribution in [0.25, 0.3) is 0 Å². The van der Waals surface area contributed by atoms with Crippen molar-refractivity contribution in [1.82, 2.24) is 0 Å². The minimum absolute atomic E-state index is 0.466. The maximum absolute atomic E-state index is 11.7. The molecule has 0 radical (unpaired) electrons. The first-order valence-corrected chi connectivity index (χ1v) is 7.03. The van der Waals surface area contributed by atoms with Gasteiger partial charge in [0.1, 0.15) is 0 Å². The van der Waals surface area contributed by atoms with Crippen molar-refractivity contribution in [3.8, 4) is 0 Å². The molecule has 0 heterocycles. The van der Waals surface area contributed by atoms with E-state index in [0.29, 0.717) is 18.2 Å². The number of hydrogen-bond acceptors (Lipinski definition) is 2. The van der Waals surface area contributed by atoms with Crippen LogP contribution in [0.2, 0.25) is 0 Å². The van der Waals surface area contributed by atoms with E-state index in [-0.39, 0.29) is 0 Å². The Kier molecular flexibility index (Phi) is 5.13. The van der Waals surface area contributed by atoms with Crippen LogP contribution < -0.4 is 0 Å². The molecule has 1 aliphatic rings. The van der Waals surface area contributed by atoms with Crippen molar-refractivity contribution in [3.05, 3.63) is 35.9 Å². The maximum Gasteiger partial charge on any atom is 0.433 e. The van der Waals surface area contributed by atoms with Gasteiger partial charge in [-0.25, -0.2) is 4.79 Å². The first-order chi connectivity index (χ1) is 9.25. The molecule has 0 unspecified atom stereocenters. The lowest BCUT2D eigenvalue weighted by Crippen LogP contribution is -2.15. The van der Waals surface area contributed by atoms with Crippen molar-refractivity contribution in [1.29, 1.82) is 0 Å². The van der Waals surface area contributed by atoms with Gasteiger partial charge >= 0.3 is 6.09 Å². The van der Waals surface area contributed by atoms with Crippen LogP contribution in [0.15, 0.2) is 35.3 Å². The van der Waals surface area contributed by atoms with Crippen LogP contribution in [-0.2, 0) is 4.74 Å². The molecule has 19 heavy (non-hydrogen) atoms. The molecule has 0 aromatic heterocycles. The molecule has 3 heteroatoms. The van der Waals surface area contributed by atoms with Crippen LogP contribution in [0.5, 0.6) is 0 Å². The fraction of sp³-hybridized carbons (Fsp3) is 0.500. The summed E-state index contributed by atoms with van der Waals surface area (Å²) in [5, 5.41) is 0. The van der Waals surface area contributed by atoms with Gasteiger partial charge in [0.25, 0.3) is 0 Å². The van der Waals surface area contributed by atoms with Crippen molar-refractivity contribution in [3.63, 3.8) is 0 Å². The van der Waals surface area contributed by atoms with Crippen LogP contribution in [0.1, 0.15) is 44.6 Å². The molecule has 2 rings (SSSR count). The van der Waals surface area contributed by atoms with Crippen LogP contribution >= 0.6 is 0 Å². The second-order valence-corrected chi connectivity index (χ2v) is 5.14. The Balaban J connectivity index is 1.83. The molecule has 1 amide bonds. The molecule has 1 aliphatic carbocycles. The highest BCUT2D eigenvalue weighted by Gasteiger charge is 2.15. The van der Waals surface area contributed by atoms with Gasteiger partial charge in [0.05, 0.1) is 12.3 Å². The minimum atomic E-state index is -0.466. The molecule has 0 N–H and O–H groups in total. The summed E-state index contributed by atoms with van der Waals surface area (Å²) in [6.07, 6.45) is 5.72. The predicted octanol–water partition coefficient (Wildman–Crippen LogP) is 4.21. The molecule has 1 saturated carbocycles. The zero-order valence-electron chi connectivity index (χ0n) is 11.5. The highest BCUT2D eigenvalue weighted by molar-refractivity contribution is 6.03. The number of hydrogen-bond donors (Lipinski definition) is 0. The molecule has 0 saturated heterocycles. The molecule has 1 aromatic rings. The topological polar surface area (TPSA) is 38.7 Å². The van der Waals surface area contributed by atoms with Gasteiger partial charge in [0.2, 0.25) is 0 Å². The standard InChI is InChI=1S/C16H21NO2/c1-13(15-10-6-3-7-11-15)17-16(18)19-12-14-8-4-2-5-9-14/h3,6-7,10-11,14H,2,4-5,8-9,12H2,1H3/b17-13-. The zero-order chi connectivity index (χ0) is 13.5. The third-order valence-electron chi connectivity index (χ3n) is 3.62. The zero-order valence-corrected chi connectivity index (χ0v) is 11.5. The maximum atomic E-state index is 11.7. The summed E-state index contributed by atoms with van der Waals surface area (Å²) >= 11 is 0. The second kappa shape index (κ2) is 7.07. The van der Waals surface area contributed by atoms with Crippen molar-refractivity contribution in [2.75, 3.05) is 6.61 Å². The summed E-state index contributed by atoms with van der Waals surface area (Å²) < 4.78 is 5.25. The molecular weight excluding hydrogens is 238 g/mol. The van der Waals surface area contributed by atoms with E-state index >= 15 is 0 Å². The molecule has 102 valence electrons. The van der Waals surface area contributed by atoms with Crippen LogP contribution in [0.4, 0.5) is 4.79 Å². The second-order valence-electron chi connectivity index (χ2n) is 5.14. The summed E-state index contributed by atoms with van der Waals surface area (Å²) in [5.41, 5.74) is 1.66. The van der Waals surface area contributed by atoms with Crippen LogP contribution in [0, 0.1) is 5.92 Å². The highest BCUT2D eigenvalue weighted by atomic mass is 16.5. The summed E-state index contributed by atoms with van der Waals surface area (Å²) in [7, 11) is 0. The molecule has 1 fully saturated rings. The third kappa shape index (κ3) is 4.51. The number of ether oxygens (including phenoxy) is 1. The largest absolute Gasteiger partial charge is 0.448 e. The molecule has 0 aliphatic heterocycles. The van der Waals surface area contributed by atoms with E-state index in [1.54, 1.807) is 0 Å². The molecule has 1 aromatic carbocycles. The van der Waals surface area contributed by atoms with Gasteiger partial charge < -0.3 is 4.74 Å². The number of nitrogens with zero attached hydrogens (tertiary/aromatic N) is 1. The fourth-order valence-corrected chi connectivity index (χ4v) is 2.46. The van der Waals surface area contributed by atoms with Crippen LogP contribution in [-0.4, -0.2) is 18.4 Å². The van der Waals surface area contributed by atoms with E-state index in [9.17, 15) is 4.79 Å². The lowest BCUT2D eigenvalue weighted by molar-refractivity contribution is 0.125. The van der Waals surface area contributed by atoms with Gasteiger partial charge in [-0.05, 0) is 31.2 Å². The molecule has 3 nitrogen and oxygen atoms in total. The summed E-state index contributed by atoms with van der Waals surface area (Å²) in [6.45, 7) is 2.35. The van der Waals surface area contributed by atoms with Gasteiger partial charge in [-0.1, -0.05) is 49.6 Å². The Bertz CT molecular complexity index is 433. The SMILES string of the molecule is C/C(=N/C(=O)OCC1CCCCC1)c1ccccc1. The van der Waals surface area contributed by atoms with Gasteiger partial charge in [-0.2, -0.15) is 4.99 Å². The van der Waals surface area contributed by atoms with Gasteiger partial charge in [-0.15, -0.1) is 0 Å².